The molecule has 0 aliphatic rings. The largest absolute Gasteiger partial charge is 0.438 e. The van der Waals surface area contributed by atoms with E-state index in [0.29, 0.717) is 15.5 Å². The molecule has 13 heteroatoms. The van der Waals surface area contributed by atoms with Crippen LogP contribution in [-0.4, -0.2) is 30.4 Å². The number of hydrogen-bond acceptors (Lipinski definition) is 10. The molecule has 11 nitrogen and oxygen atoms in total. The molecule has 0 bridgehead atoms. The van der Waals surface area contributed by atoms with E-state index in [0.717, 1.165) is 21.5 Å². The smallest absolute Gasteiger partial charge is 0.317 e. The molecule has 0 spiro atoms. The maximum atomic E-state index is 14.1. The van der Waals surface area contributed by atoms with Gasteiger partial charge in [0.25, 0.3) is 5.56 Å². The van der Waals surface area contributed by atoms with Crippen LogP contribution >= 0.6 is 22.9 Å². The zero-order valence-electron chi connectivity index (χ0n) is 21.0. The van der Waals surface area contributed by atoms with Crippen LogP contribution in [0.15, 0.2) is 93.5 Å². The van der Waals surface area contributed by atoms with Crippen LogP contribution in [-0.2, 0) is 13.1 Å². The normalized spacial score (nSPS) is 10.9. The van der Waals surface area contributed by atoms with Crippen molar-refractivity contribution in [1.29, 1.82) is 5.26 Å². The lowest BCUT2D eigenvalue weighted by molar-refractivity contribution is 0.0920. The van der Waals surface area contributed by atoms with Crippen LogP contribution in [0.3, 0.4) is 0 Å². The molecular formula is C28H18ClN7O4S. The fraction of sp³-hybridized carbons (Fsp3) is 0.0714. The van der Waals surface area contributed by atoms with Crippen molar-refractivity contribution in [2.45, 2.75) is 13.1 Å². The van der Waals surface area contributed by atoms with Crippen LogP contribution in [0.4, 0.5) is 5.82 Å². The summed E-state index contributed by atoms with van der Waals surface area (Å²) in [6.45, 7) is 0.424. The first-order valence-corrected chi connectivity index (χ1v) is 13.3. The van der Waals surface area contributed by atoms with Crippen molar-refractivity contribution in [3.8, 4) is 28.5 Å². The molecule has 0 atom stereocenters. The molecule has 0 aliphatic carbocycles. The van der Waals surface area contributed by atoms with Gasteiger partial charge in [-0.05, 0) is 29.3 Å². The van der Waals surface area contributed by atoms with E-state index in [1.54, 1.807) is 18.3 Å². The molecule has 5 heterocycles. The minimum atomic E-state index is -0.668. The highest BCUT2D eigenvalue weighted by atomic mass is 35.5. The first-order valence-electron chi connectivity index (χ1n) is 12.2. The predicted molar refractivity (Wildman–Crippen MR) is 151 cm³/mol. The first kappa shape index (κ1) is 26.0. The number of nitrogens with one attached hydrogen (secondary N) is 1. The number of nitrogens with zero attached hydrogens (tertiary/aromatic N) is 6. The van der Waals surface area contributed by atoms with Gasteiger partial charge in [-0.3, -0.25) is 9.59 Å². The van der Waals surface area contributed by atoms with E-state index in [2.05, 4.69) is 26.6 Å². The van der Waals surface area contributed by atoms with Crippen LogP contribution in [0.5, 0.6) is 0 Å². The van der Waals surface area contributed by atoms with Gasteiger partial charge < -0.3 is 18.8 Å². The maximum Gasteiger partial charge on any atom is 0.317 e. The second-order valence-corrected chi connectivity index (χ2v) is 10.6. The molecule has 0 amide bonds. The summed E-state index contributed by atoms with van der Waals surface area (Å²) < 4.78 is 13.2. The van der Waals surface area contributed by atoms with E-state index in [1.807, 2.05) is 36.4 Å². The molecule has 5 aromatic heterocycles. The van der Waals surface area contributed by atoms with Crippen LogP contribution in [0.2, 0.25) is 4.34 Å². The summed E-state index contributed by atoms with van der Waals surface area (Å²) in [5.41, 5.74) is 1.74. The number of nitriles is 1. The fourth-order valence-electron chi connectivity index (χ4n) is 4.34. The molecule has 202 valence electrons. The van der Waals surface area contributed by atoms with Gasteiger partial charge in [0.1, 0.15) is 23.6 Å². The Morgan fingerprint density at radius 3 is 2.68 bits per heavy atom. The number of rotatable bonds is 8. The molecule has 0 aliphatic heterocycles. The number of anilines is 1. The number of oxazole rings is 1. The van der Waals surface area contributed by atoms with E-state index < -0.39 is 11.5 Å². The number of hydrogen-bond donors (Lipinski definition) is 1. The standard InChI is InChI=1S/C28H18ClN7O4S/c29-23-7-6-19(41-23)12-32-26-21(10-30)25(34-36(26)27(37)22-13-31-16-39-22)24-20(18-4-2-1-3-5-18)8-9-35(28(24)38)14-17-11-33-40-15-17/h1-9,11,13,15-16,32H,12,14H2. The Morgan fingerprint density at radius 1 is 1.15 bits per heavy atom. The number of halogens is 1. The fourth-order valence-corrected chi connectivity index (χ4v) is 5.37. The highest BCUT2D eigenvalue weighted by molar-refractivity contribution is 7.16. The summed E-state index contributed by atoms with van der Waals surface area (Å²) in [7, 11) is 0. The number of aromatic nitrogens is 5. The van der Waals surface area contributed by atoms with Crippen molar-refractivity contribution >= 4 is 34.7 Å². The number of carbonyl (C=O) groups is 1. The van der Waals surface area contributed by atoms with Gasteiger partial charge in [-0.1, -0.05) is 47.1 Å². The molecule has 0 saturated heterocycles. The predicted octanol–water partition coefficient (Wildman–Crippen LogP) is 5.29. The third kappa shape index (κ3) is 5.07. The Bertz CT molecular complexity index is 1940. The molecule has 0 radical (unpaired) electrons. The van der Waals surface area contributed by atoms with Crippen molar-refractivity contribution in [2.75, 3.05) is 5.32 Å². The zero-order chi connectivity index (χ0) is 28.3. The minimum absolute atomic E-state index is 0.0116. The Kier molecular flexibility index (Phi) is 7.03. The highest BCUT2D eigenvalue weighted by Gasteiger charge is 2.29. The Balaban J connectivity index is 1.56. The van der Waals surface area contributed by atoms with Gasteiger partial charge in [-0.25, -0.2) is 4.98 Å². The van der Waals surface area contributed by atoms with Crippen molar-refractivity contribution in [1.82, 2.24) is 24.5 Å². The van der Waals surface area contributed by atoms with Crippen molar-refractivity contribution < 1.29 is 13.7 Å². The molecule has 6 rings (SSSR count). The van der Waals surface area contributed by atoms with E-state index in [9.17, 15) is 14.9 Å². The summed E-state index contributed by atoms with van der Waals surface area (Å²) in [6.07, 6.45) is 6.99. The molecule has 0 fully saturated rings. The van der Waals surface area contributed by atoms with Crippen molar-refractivity contribution in [2.24, 2.45) is 0 Å². The SMILES string of the molecule is N#Cc1c(-c2c(-c3ccccc3)ccn(Cc3cnoc3)c2=O)nn(C(=O)c2cnco2)c1NCc1ccc(Cl)s1. The Labute approximate surface area is 240 Å². The van der Waals surface area contributed by atoms with Gasteiger partial charge in [-0.2, -0.15) is 15.0 Å². The lowest BCUT2D eigenvalue weighted by Crippen LogP contribution is -2.23. The molecule has 41 heavy (non-hydrogen) atoms. The van der Waals surface area contributed by atoms with Crippen LogP contribution in [0, 0.1) is 11.3 Å². The van der Waals surface area contributed by atoms with Crippen LogP contribution in [0.25, 0.3) is 22.4 Å². The minimum Gasteiger partial charge on any atom is -0.438 e. The summed E-state index contributed by atoms with van der Waals surface area (Å²) in [6, 6.07) is 16.8. The van der Waals surface area contributed by atoms with Gasteiger partial charge in [-0.15, -0.1) is 11.3 Å². The van der Waals surface area contributed by atoms with Gasteiger partial charge in [0.2, 0.25) is 5.76 Å². The van der Waals surface area contributed by atoms with Gasteiger partial charge >= 0.3 is 5.91 Å². The third-order valence-corrected chi connectivity index (χ3v) is 7.45. The quantitative estimate of drug-likeness (QED) is 0.252. The molecular weight excluding hydrogens is 566 g/mol. The number of thiophene rings is 1. The van der Waals surface area contributed by atoms with Crippen molar-refractivity contribution in [3.05, 3.63) is 116 Å². The average Bonchev–Trinajstić information content (AvgIpc) is 3.81. The van der Waals surface area contributed by atoms with E-state index >= 15 is 0 Å². The maximum absolute atomic E-state index is 14.1. The third-order valence-electron chi connectivity index (χ3n) is 6.21. The summed E-state index contributed by atoms with van der Waals surface area (Å²) in [5.74, 6) is -0.660. The van der Waals surface area contributed by atoms with Crippen LogP contribution < -0.4 is 10.9 Å². The first-order chi connectivity index (χ1) is 20.0. The van der Waals surface area contributed by atoms with Gasteiger partial charge in [0.05, 0.1) is 35.4 Å². The molecule has 1 aromatic carbocycles. The summed E-state index contributed by atoms with van der Waals surface area (Å²) >= 11 is 7.45. The van der Waals surface area contributed by atoms with Crippen LogP contribution in [0.1, 0.15) is 26.6 Å². The number of benzene rings is 1. The topological polar surface area (TPSA) is 145 Å². The lowest BCUT2D eigenvalue weighted by Gasteiger charge is -2.12. The van der Waals surface area contributed by atoms with E-state index in [4.69, 9.17) is 20.5 Å². The molecule has 6 aromatic rings. The van der Waals surface area contributed by atoms with Crippen molar-refractivity contribution in [3.63, 3.8) is 0 Å². The zero-order valence-corrected chi connectivity index (χ0v) is 22.6. The van der Waals surface area contributed by atoms with E-state index in [-0.39, 0.29) is 41.5 Å². The molecule has 0 saturated carbocycles. The van der Waals surface area contributed by atoms with E-state index in [1.165, 1.54) is 34.6 Å². The Hall–Kier alpha value is -5.25. The summed E-state index contributed by atoms with van der Waals surface area (Å²) in [5, 5.41) is 21.8. The van der Waals surface area contributed by atoms with Gasteiger partial charge in [0, 0.05) is 16.6 Å². The second-order valence-electron chi connectivity index (χ2n) is 8.76. The molecule has 0 unspecified atom stereocenters. The monoisotopic (exact) mass is 583 g/mol. The van der Waals surface area contributed by atoms with Gasteiger partial charge in [0.15, 0.2) is 12.2 Å². The lowest BCUT2D eigenvalue weighted by atomic mass is 9.97. The number of carbonyl (C=O) groups excluding carboxylic acids is 1. The number of pyridine rings is 1. The average molecular weight is 584 g/mol. The molecule has 1 N–H and O–H groups in total. The summed E-state index contributed by atoms with van der Waals surface area (Å²) in [4.78, 5) is 32.2. The highest BCUT2D eigenvalue weighted by Crippen LogP contribution is 2.34. The Morgan fingerprint density at radius 2 is 2.00 bits per heavy atom. The second kappa shape index (κ2) is 11.1.